The van der Waals surface area contributed by atoms with Crippen LogP contribution in [0.4, 0.5) is 27.6 Å². The van der Waals surface area contributed by atoms with Gasteiger partial charge in [0.2, 0.25) is 0 Å². The van der Waals surface area contributed by atoms with Gasteiger partial charge in [-0.15, -0.1) is 0 Å². The van der Waals surface area contributed by atoms with Crippen molar-refractivity contribution < 1.29 is 31.9 Å². The summed E-state index contributed by atoms with van der Waals surface area (Å²) in [6.07, 6.45) is 3.91. The van der Waals surface area contributed by atoms with E-state index in [1.54, 1.807) is 23.1 Å². The van der Waals surface area contributed by atoms with Crippen LogP contribution in [0.25, 0.3) is 22.3 Å². The number of pyridine rings is 1. The molecule has 5 rings (SSSR count). The average molecular weight is 534 g/mol. The molecular weight excluding hydrogens is 515 g/mol. The first-order valence-electron chi connectivity index (χ1n) is 11.1. The summed E-state index contributed by atoms with van der Waals surface area (Å²) in [5.41, 5.74) is 2.62. The Morgan fingerprint density at radius 1 is 1.29 bits per heavy atom. The third-order valence-corrected chi connectivity index (χ3v) is 6.04. The number of carboxylic acid groups (broad SMARTS) is 1. The van der Waals surface area contributed by atoms with Gasteiger partial charge in [0.05, 0.1) is 29.8 Å². The van der Waals surface area contributed by atoms with Crippen LogP contribution in [0.1, 0.15) is 18.2 Å². The van der Waals surface area contributed by atoms with Crippen LogP contribution in [0.5, 0.6) is 0 Å². The van der Waals surface area contributed by atoms with E-state index in [1.165, 1.54) is 18.6 Å². The quantitative estimate of drug-likeness (QED) is 0.368. The number of fused-ring (bicyclic) bond motifs is 1. The van der Waals surface area contributed by atoms with E-state index in [2.05, 4.69) is 25.0 Å². The number of rotatable bonds is 5. The topological polar surface area (TPSA) is 137 Å². The smallest absolute Gasteiger partial charge is 0.475 e. The highest BCUT2D eigenvalue weighted by Crippen LogP contribution is 2.33. The van der Waals surface area contributed by atoms with Gasteiger partial charge in [-0.05, 0) is 12.5 Å². The van der Waals surface area contributed by atoms with E-state index < -0.39 is 30.7 Å². The Morgan fingerprint density at radius 3 is 2.71 bits per heavy atom. The van der Waals surface area contributed by atoms with Crippen molar-refractivity contribution in [2.75, 3.05) is 24.7 Å². The normalized spacial score (nSPS) is 16.1. The first-order valence-corrected chi connectivity index (χ1v) is 11.1. The molecule has 1 saturated heterocycles. The Kier molecular flexibility index (Phi) is 7.51. The van der Waals surface area contributed by atoms with Gasteiger partial charge < -0.3 is 15.0 Å². The summed E-state index contributed by atoms with van der Waals surface area (Å²) >= 11 is 0. The number of aromatic nitrogens is 6. The maximum absolute atomic E-state index is 14.1. The molecular formula is C23H19F5N8O2. The van der Waals surface area contributed by atoms with E-state index in [9.17, 15) is 22.0 Å². The second kappa shape index (κ2) is 10.8. The molecule has 1 aliphatic heterocycles. The van der Waals surface area contributed by atoms with Crippen molar-refractivity contribution in [2.24, 2.45) is 5.92 Å². The van der Waals surface area contributed by atoms with Crippen molar-refractivity contribution >= 4 is 22.7 Å². The lowest BCUT2D eigenvalue weighted by Gasteiger charge is -2.23. The minimum Gasteiger partial charge on any atom is -0.475 e. The molecule has 15 heteroatoms. The first-order chi connectivity index (χ1) is 18.1. The van der Waals surface area contributed by atoms with Crippen LogP contribution in [-0.4, -0.2) is 66.7 Å². The molecule has 0 aromatic carbocycles. The van der Waals surface area contributed by atoms with Crippen LogP contribution in [0, 0.1) is 23.1 Å². The van der Waals surface area contributed by atoms with Crippen molar-refractivity contribution in [3.63, 3.8) is 0 Å². The predicted octanol–water partition coefficient (Wildman–Crippen LogP) is 3.90. The van der Waals surface area contributed by atoms with Crippen LogP contribution in [0.2, 0.25) is 0 Å². The zero-order chi connectivity index (χ0) is 27.4. The number of anilines is 1. The molecule has 1 aliphatic rings. The molecule has 10 nitrogen and oxygen atoms in total. The minimum absolute atomic E-state index is 0.00543. The van der Waals surface area contributed by atoms with E-state index in [0.29, 0.717) is 18.8 Å². The maximum Gasteiger partial charge on any atom is 0.490 e. The molecule has 0 radical (unpaired) electrons. The number of alkyl halides is 4. The fraction of sp³-hybridized carbons (Fsp3) is 0.304. The largest absolute Gasteiger partial charge is 0.490 e. The van der Waals surface area contributed by atoms with E-state index in [-0.39, 0.29) is 11.6 Å². The molecule has 0 bridgehead atoms. The summed E-state index contributed by atoms with van der Waals surface area (Å²) in [7, 11) is 0. The van der Waals surface area contributed by atoms with Crippen LogP contribution in [0.15, 0.2) is 43.2 Å². The number of carboxylic acids is 1. The highest BCUT2D eigenvalue weighted by molar-refractivity contribution is 5.89. The molecule has 198 valence electrons. The Bertz CT molecular complexity index is 1480. The van der Waals surface area contributed by atoms with E-state index >= 15 is 0 Å². The number of aromatic amines is 1. The number of hydrogen-bond donors (Lipinski definition) is 2. The Balaban J connectivity index is 0.000000426. The van der Waals surface area contributed by atoms with Crippen LogP contribution in [0.3, 0.4) is 0 Å². The van der Waals surface area contributed by atoms with Crippen molar-refractivity contribution in [3.05, 3.63) is 54.8 Å². The molecule has 0 saturated carbocycles. The molecule has 4 aromatic rings. The van der Waals surface area contributed by atoms with Crippen molar-refractivity contribution in [1.82, 2.24) is 29.7 Å². The average Bonchev–Trinajstić information content (AvgIpc) is 3.65. The fourth-order valence-electron chi connectivity index (χ4n) is 4.18. The molecule has 0 amide bonds. The molecule has 2 N–H and O–H groups in total. The maximum atomic E-state index is 14.1. The lowest BCUT2D eigenvalue weighted by Crippen LogP contribution is -2.26. The van der Waals surface area contributed by atoms with Crippen LogP contribution < -0.4 is 4.90 Å². The SMILES string of the molecule is N#Cc1ncc(N2CC[C@H](C(CF)n3cc(-c4ncnc5[nH]ccc45)cn3)C2)cc1F.O=C(O)C(F)(F)F. The van der Waals surface area contributed by atoms with Crippen molar-refractivity contribution in [3.8, 4) is 17.3 Å². The van der Waals surface area contributed by atoms with Gasteiger partial charge in [0.15, 0.2) is 11.5 Å². The van der Waals surface area contributed by atoms with Gasteiger partial charge in [-0.25, -0.2) is 28.5 Å². The zero-order valence-electron chi connectivity index (χ0n) is 19.4. The molecule has 5 heterocycles. The number of H-pyrrole nitrogens is 1. The fourth-order valence-corrected chi connectivity index (χ4v) is 4.18. The molecule has 1 unspecified atom stereocenters. The summed E-state index contributed by atoms with van der Waals surface area (Å²) < 4.78 is 61.4. The van der Waals surface area contributed by atoms with Gasteiger partial charge in [-0.1, -0.05) is 0 Å². The number of nitrogens with one attached hydrogen (secondary N) is 1. The first kappa shape index (κ1) is 26.5. The highest BCUT2D eigenvalue weighted by Gasteiger charge is 2.38. The van der Waals surface area contributed by atoms with Gasteiger partial charge in [-0.3, -0.25) is 4.68 Å². The Labute approximate surface area is 211 Å². The minimum atomic E-state index is -5.08. The molecule has 1 fully saturated rings. The van der Waals surface area contributed by atoms with Gasteiger partial charge in [0.1, 0.15) is 24.7 Å². The molecule has 0 spiro atoms. The summed E-state index contributed by atoms with van der Waals surface area (Å²) in [4.78, 5) is 26.3. The van der Waals surface area contributed by atoms with Crippen LogP contribution >= 0.6 is 0 Å². The molecule has 4 aromatic heterocycles. The Morgan fingerprint density at radius 2 is 2.05 bits per heavy atom. The van der Waals surface area contributed by atoms with Gasteiger partial charge in [0.25, 0.3) is 0 Å². The third kappa shape index (κ3) is 5.53. The highest BCUT2D eigenvalue weighted by atomic mass is 19.4. The van der Waals surface area contributed by atoms with Crippen molar-refractivity contribution in [1.29, 1.82) is 5.26 Å². The second-order valence-corrected chi connectivity index (χ2v) is 8.33. The van der Waals surface area contributed by atoms with Gasteiger partial charge >= 0.3 is 12.1 Å². The monoisotopic (exact) mass is 534 g/mol. The van der Waals surface area contributed by atoms with E-state index in [1.807, 2.05) is 17.2 Å². The van der Waals surface area contributed by atoms with Gasteiger partial charge in [-0.2, -0.15) is 23.5 Å². The van der Waals surface area contributed by atoms with Crippen LogP contribution in [-0.2, 0) is 4.79 Å². The summed E-state index contributed by atoms with van der Waals surface area (Å²) in [5, 5.41) is 21.3. The van der Waals surface area contributed by atoms with Crippen molar-refractivity contribution in [2.45, 2.75) is 18.6 Å². The van der Waals surface area contributed by atoms with E-state index in [0.717, 1.165) is 28.7 Å². The molecule has 0 aliphatic carbocycles. The third-order valence-electron chi connectivity index (χ3n) is 6.04. The number of hydrogen-bond acceptors (Lipinski definition) is 7. The van der Waals surface area contributed by atoms with Gasteiger partial charge in [0, 0.05) is 48.4 Å². The molecule has 38 heavy (non-hydrogen) atoms. The standard InChI is InChI=1S/C21H18F2N8.C2HF3O2/c22-6-19(13-2-4-30(10-13)15-5-17(23)18(7-24)26-9-15)31-11-14(8-29-31)20-16-1-3-25-21(16)28-12-27-20;3-2(4,5)1(6)7/h1,3,5,8-9,11-13,19H,2,4,6,10H2,(H,25,27,28);(H,6,7)/t13-,19?;/m0./s1. The lowest BCUT2D eigenvalue weighted by molar-refractivity contribution is -0.192. The predicted molar refractivity (Wildman–Crippen MR) is 123 cm³/mol. The van der Waals surface area contributed by atoms with E-state index in [4.69, 9.17) is 15.2 Å². The summed E-state index contributed by atoms with van der Waals surface area (Å²) in [6.45, 7) is 0.632. The number of nitrogens with zero attached hydrogens (tertiary/aromatic N) is 7. The second-order valence-electron chi connectivity index (χ2n) is 8.33. The lowest BCUT2D eigenvalue weighted by atomic mass is 10.0. The number of nitriles is 1. The Hall–Kier alpha value is -4.61. The summed E-state index contributed by atoms with van der Waals surface area (Å²) in [5.74, 6) is -3.41. The molecule has 2 atom stereocenters. The number of carbonyl (C=O) groups is 1. The zero-order valence-corrected chi connectivity index (χ0v) is 19.4. The number of aliphatic carboxylic acids is 1. The summed E-state index contributed by atoms with van der Waals surface area (Å²) in [6, 6.07) is 4.48. The number of halogens is 5.